The van der Waals surface area contributed by atoms with Crippen molar-refractivity contribution in [1.82, 2.24) is 0 Å². The number of rotatable bonds is 3. The second-order valence-electron chi connectivity index (χ2n) is 5.93. The SMILES string of the molecule is CS(=O)(=O)c1ccc2c(c1)CCCN2C(=O)c1ccc([N+](=O)[O-])cc1. The molecule has 8 heteroatoms. The second kappa shape index (κ2) is 6.29. The number of sulfone groups is 1. The summed E-state index contributed by atoms with van der Waals surface area (Å²) in [5.74, 6) is -0.261. The van der Waals surface area contributed by atoms with Crippen molar-refractivity contribution in [2.75, 3.05) is 17.7 Å². The number of hydrogen-bond acceptors (Lipinski definition) is 5. The lowest BCUT2D eigenvalue weighted by atomic mass is 10.0. The highest BCUT2D eigenvalue weighted by Crippen LogP contribution is 2.30. The summed E-state index contributed by atoms with van der Waals surface area (Å²) in [6, 6.07) is 10.2. The molecule has 0 N–H and O–H groups in total. The third-order valence-corrected chi connectivity index (χ3v) is 5.28. The molecule has 3 rings (SSSR count). The molecule has 1 amide bonds. The number of amides is 1. The average Bonchev–Trinajstić information content (AvgIpc) is 2.59. The van der Waals surface area contributed by atoms with Crippen LogP contribution in [0.25, 0.3) is 0 Å². The van der Waals surface area contributed by atoms with Crippen LogP contribution in [0.4, 0.5) is 11.4 Å². The van der Waals surface area contributed by atoms with Crippen LogP contribution in [0.1, 0.15) is 22.3 Å². The van der Waals surface area contributed by atoms with Crippen molar-refractivity contribution in [1.29, 1.82) is 0 Å². The van der Waals surface area contributed by atoms with Gasteiger partial charge in [0.25, 0.3) is 11.6 Å². The molecule has 0 aromatic heterocycles. The molecule has 0 aliphatic carbocycles. The normalized spacial score (nSPS) is 14.0. The molecule has 1 aliphatic heterocycles. The standard InChI is InChI=1S/C17H16N2O5S/c1-25(23,24)15-8-9-16-13(11-15)3-2-10-18(16)17(20)12-4-6-14(7-5-12)19(21)22/h4-9,11H,2-3,10H2,1H3. The number of aryl methyl sites for hydroxylation is 1. The van der Waals surface area contributed by atoms with Crippen molar-refractivity contribution in [3.05, 3.63) is 63.7 Å². The van der Waals surface area contributed by atoms with E-state index in [0.717, 1.165) is 18.2 Å². The number of nitro groups is 1. The Bertz CT molecular complexity index is 952. The highest BCUT2D eigenvalue weighted by molar-refractivity contribution is 7.90. The molecule has 0 unspecified atom stereocenters. The molecule has 130 valence electrons. The zero-order valence-corrected chi connectivity index (χ0v) is 14.3. The fourth-order valence-corrected chi connectivity index (χ4v) is 3.57. The van der Waals surface area contributed by atoms with Crippen LogP contribution in [-0.2, 0) is 16.3 Å². The monoisotopic (exact) mass is 360 g/mol. The van der Waals surface area contributed by atoms with Crippen molar-refractivity contribution in [3.8, 4) is 0 Å². The number of nitro benzene ring substituents is 1. The lowest BCUT2D eigenvalue weighted by molar-refractivity contribution is -0.384. The van der Waals surface area contributed by atoms with E-state index in [1.54, 1.807) is 17.0 Å². The number of nitrogens with zero attached hydrogens (tertiary/aromatic N) is 2. The van der Waals surface area contributed by atoms with E-state index in [4.69, 9.17) is 0 Å². The zero-order valence-electron chi connectivity index (χ0n) is 13.5. The van der Waals surface area contributed by atoms with E-state index in [2.05, 4.69) is 0 Å². The average molecular weight is 360 g/mol. The molecule has 0 radical (unpaired) electrons. The van der Waals surface area contributed by atoms with Crippen LogP contribution in [0.3, 0.4) is 0 Å². The molecule has 2 aromatic carbocycles. The quantitative estimate of drug-likeness (QED) is 0.619. The summed E-state index contributed by atoms with van der Waals surface area (Å²) in [7, 11) is -3.31. The number of non-ortho nitro benzene ring substituents is 1. The Morgan fingerprint density at radius 2 is 1.84 bits per heavy atom. The van der Waals surface area contributed by atoms with Crippen molar-refractivity contribution < 1.29 is 18.1 Å². The van der Waals surface area contributed by atoms with Crippen LogP contribution in [-0.4, -0.2) is 32.0 Å². The van der Waals surface area contributed by atoms with E-state index in [1.807, 2.05) is 0 Å². The fraction of sp³-hybridized carbons (Fsp3) is 0.235. The summed E-state index contributed by atoms with van der Waals surface area (Å²) in [4.78, 5) is 24.8. The van der Waals surface area contributed by atoms with Gasteiger partial charge >= 0.3 is 0 Å². The number of carbonyl (C=O) groups is 1. The van der Waals surface area contributed by atoms with E-state index in [9.17, 15) is 23.3 Å². The molecule has 1 aliphatic rings. The van der Waals surface area contributed by atoms with Gasteiger partial charge in [-0.2, -0.15) is 0 Å². The number of benzene rings is 2. The first kappa shape index (κ1) is 17.1. The van der Waals surface area contributed by atoms with Crippen LogP contribution in [0.5, 0.6) is 0 Å². The molecule has 0 saturated heterocycles. The Kier molecular flexibility index (Phi) is 4.30. The molecular weight excluding hydrogens is 344 g/mol. The molecular formula is C17H16N2O5S. The zero-order chi connectivity index (χ0) is 18.2. The Morgan fingerprint density at radius 1 is 1.16 bits per heavy atom. The topological polar surface area (TPSA) is 97.6 Å². The highest BCUT2D eigenvalue weighted by atomic mass is 32.2. The number of anilines is 1. The first-order chi connectivity index (χ1) is 11.8. The molecule has 7 nitrogen and oxygen atoms in total. The van der Waals surface area contributed by atoms with Gasteiger partial charge in [-0.25, -0.2) is 8.42 Å². The first-order valence-corrected chi connectivity index (χ1v) is 9.56. The van der Waals surface area contributed by atoms with Gasteiger partial charge in [-0.15, -0.1) is 0 Å². The maximum atomic E-state index is 12.8. The molecule has 0 saturated carbocycles. The lowest BCUT2D eigenvalue weighted by Gasteiger charge is -2.30. The van der Waals surface area contributed by atoms with Gasteiger partial charge in [0.05, 0.1) is 9.82 Å². The predicted octanol–water partition coefficient (Wildman–Crippen LogP) is 2.59. The van der Waals surface area contributed by atoms with Crippen molar-refractivity contribution >= 4 is 27.1 Å². The Balaban J connectivity index is 1.94. The van der Waals surface area contributed by atoms with Crippen molar-refractivity contribution in [2.24, 2.45) is 0 Å². The summed E-state index contributed by atoms with van der Waals surface area (Å²) in [6.45, 7) is 0.515. The van der Waals surface area contributed by atoms with Gasteiger partial charge < -0.3 is 4.90 Å². The van der Waals surface area contributed by atoms with Gasteiger partial charge in [0.1, 0.15) is 0 Å². The third-order valence-electron chi connectivity index (χ3n) is 4.17. The summed E-state index contributed by atoms with van der Waals surface area (Å²) in [6.07, 6.45) is 2.57. The minimum absolute atomic E-state index is 0.0756. The van der Waals surface area contributed by atoms with E-state index >= 15 is 0 Å². The Morgan fingerprint density at radius 3 is 2.44 bits per heavy atom. The van der Waals surface area contributed by atoms with E-state index < -0.39 is 14.8 Å². The minimum Gasteiger partial charge on any atom is -0.308 e. The number of fused-ring (bicyclic) bond motifs is 1. The van der Waals surface area contributed by atoms with Gasteiger partial charge in [-0.3, -0.25) is 14.9 Å². The molecule has 0 spiro atoms. The lowest BCUT2D eigenvalue weighted by Crippen LogP contribution is -2.35. The van der Waals surface area contributed by atoms with E-state index in [1.165, 1.54) is 30.3 Å². The predicted molar refractivity (Wildman–Crippen MR) is 92.6 cm³/mol. The number of carbonyl (C=O) groups excluding carboxylic acids is 1. The Hall–Kier alpha value is -2.74. The highest BCUT2D eigenvalue weighted by Gasteiger charge is 2.25. The second-order valence-corrected chi connectivity index (χ2v) is 7.94. The summed E-state index contributed by atoms with van der Waals surface area (Å²) >= 11 is 0. The van der Waals surface area contributed by atoms with Gasteiger partial charge in [0.2, 0.25) is 0 Å². The van der Waals surface area contributed by atoms with Crippen LogP contribution in [0.15, 0.2) is 47.4 Å². The van der Waals surface area contributed by atoms with E-state index in [0.29, 0.717) is 24.2 Å². The molecule has 0 bridgehead atoms. The van der Waals surface area contributed by atoms with Crippen molar-refractivity contribution in [3.63, 3.8) is 0 Å². The maximum Gasteiger partial charge on any atom is 0.269 e. The van der Waals surface area contributed by atoms with Crippen LogP contribution < -0.4 is 4.90 Å². The molecule has 25 heavy (non-hydrogen) atoms. The largest absolute Gasteiger partial charge is 0.308 e. The summed E-state index contributed by atoms with van der Waals surface area (Å²) < 4.78 is 23.4. The molecule has 1 heterocycles. The molecule has 0 atom stereocenters. The summed E-state index contributed by atoms with van der Waals surface area (Å²) in [5.41, 5.74) is 1.77. The minimum atomic E-state index is -3.31. The fourth-order valence-electron chi connectivity index (χ4n) is 2.90. The van der Waals surface area contributed by atoms with Gasteiger partial charge in [-0.1, -0.05) is 0 Å². The Labute approximate surface area is 145 Å². The van der Waals surface area contributed by atoms with Gasteiger partial charge in [0, 0.05) is 36.2 Å². The third kappa shape index (κ3) is 3.39. The van der Waals surface area contributed by atoms with Crippen LogP contribution in [0.2, 0.25) is 0 Å². The van der Waals surface area contributed by atoms with Gasteiger partial charge in [-0.05, 0) is 48.7 Å². The van der Waals surface area contributed by atoms with Gasteiger partial charge in [0.15, 0.2) is 9.84 Å². The maximum absolute atomic E-state index is 12.8. The van der Waals surface area contributed by atoms with E-state index in [-0.39, 0.29) is 16.5 Å². The van der Waals surface area contributed by atoms with Crippen LogP contribution in [0, 0.1) is 10.1 Å². The smallest absolute Gasteiger partial charge is 0.269 e. The van der Waals surface area contributed by atoms with Crippen LogP contribution >= 0.6 is 0 Å². The first-order valence-electron chi connectivity index (χ1n) is 7.66. The van der Waals surface area contributed by atoms with Crippen molar-refractivity contribution in [2.45, 2.75) is 17.7 Å². The summed E-state index contributed by atoms with van der Waals surface area (Å²) in [5, 5.41) is 10.7. The molecule has 2 aromatic rings. The number of hydrogen-bond donors (Lipinski definition) is 0. The molecule has 0 fully saturated rings.